The van der Waals surface area contributed by atoms with Gasteiger partial charge in [-0.1, -0.05) is 0 Å². The molecule has 0 atom stereocenters. The topological polar surface area (TPSA) is 39.4 Å². The zero-order valence-electron chi connectivity index (χ0n) is 13.1. The molecule has 24 heavy (non-hydrogen) atoms. The monoisotopic (exact) mass is 339 g/mol. The van der Waals surface area contributed by atoms with Crippen LogP contribution in [0.25, 0.3) is 16.8 Å². The summed E-state index contributed by atoms with van der Waals surface area (Å²) >= 11 is 0. The van der Waals surface area contributed by atoms with Crippen molar-refractivity contribution in [3.8, 4) is 16.9 Å². The predicted octanol–water partition coefficient (Wildman–Crippen LogP) is 4.18. The van der Waals surface area contributed by atoms with Crippen LogP contribution in [0, 0.1) is 19.7 Å². The standard InChI is InChI=1S/C16H13F4N3O/c1-8-6-13(16(18,19)20)23-15(21-8)14(9(2)22-23)11-5-4-10(24-3)7-12(11)17/h4-7H,1-3H3. The van der Waals surface area contributed by atoms with Gasteiger partial charge >= 0.3 is 6.18 Å². The van der Waals surface area contributed by atoms with E-state index in [0.29, 0.717) is 10.3 Å². The molecule has 0 N–H and O–H groups in total. The van der Waals surface area contributed by atoms with E-state index in [1.54, 1.807) is 0 Å². The van der Waals surface area contributed by atoms with Gasteiger partial charge in [-0.05, 0) is 32.0 Å². The fourth-order valence-corrected chi connectivity index (χ4v) is 2.59. The number of aryl methyl sites for hydroxylation is 2. The van der Waals surface area contributed by atoms with Gasteiger partial charge in [0.2, 0.25) is 0 Å². The lowest BCUT2D eigenvalue weighted by Crippen LogP contribution is -2.13. The molecule has 0 saturated carbocycles. The molecule has 0 unspecified atom stereocenters. The van der Waals surface area contributed by atoms with Crippen LogP contribution in [-0.2, 0) is 6.18 Å². The Morgan fingerprint density at radius 1 is 1.12 bits per heavy atom. The predicted molar refractivity (Wildman–Crippen MR) is 79.4 cm³/mol. The Labute approximate surface area is 134 Å². The van der Waals surface area contributed by atoms with Crippen LogP contribution < -0.4 is 4.74 Å². The molecule has 8 heteroatoms. The van der Waals surface area contributed by atoms with Crippen LogP contribution in [0.1, 0.15) is 17.1 Å². The van der Waals surface area contributed by atoms with Crippen molar-refractivity contribution in [2.24, 2.45) is 0 Å². The van der Waals surface area contributed by atoms with Crippen molar-refractivity contribution in [3.05, 3.63) is 47.2 Å². The fraction of sp³-hybridized carbons (Fsp3) is 0.250. The molecule has 0 spiro atoms. The molecule has 2 heterocycles. The van der Waals surface area contributed by atoms with Gasteiger partial charge in [-0.25, -0.2) is 13.9 Å². The normalized spacial score (nSPS) is 12.0. The second kappa shape index (κ2) is 5.47. The van der Waals surface area contributed by atoms with Crippen molar-refractivity contribution in [2.45, 2.75) is 20.0 Å². The minimum atomic E-state index is -4.60. The van der Waals surface area contributed by atoms with Gasteiger partial charge in [0.15, 0.2) is 5.65 Å². The van der Waals surface area contributed by atoms with Gasteiger partial charge in [-0.15, -0.1) is 0 Å². The summed E-state index contributed by atoms with van der Waals surface area (Å²) in [5.41, 5.74) is -0.219. The lowest BCUT2D eigenvalue weighted by molar-refractivity contribution is -0.142. The van der Waals surface area contributed by atoms with Crippen molar-refractivity contribution < 1.29 is 22.3 Å². The van der Waals surface area contributed by atoms with Crippen LogP contribution in [0.3, 0.4) is 0 Å². The highest BCUT2D eigenvalue weighted by molar-refractivity contribution is 5.80. The third kappa shape index (κ3) is 2.57. The summed E-state index contributed by atoms with van der Waals surface area (Å²) in [4.78, 5) is 4.13. The maximum Gasteiger partial charge on any atom is 0.433 e. The number of fused-ring (bicyclic) bond motifs is 1. The van der Waals surface area contributed by atoms with E-state index >= 15 is 0 Å². The van der Waals surface area contributed by atoms with Gasteiger partial charge in [-0.3, -0.25) is 0 Å². The number of rotatable bonds is 2. The summed E-state index contributed by atoms with van der Waals surface area (Å²) in [6.07, 6.45) is -4.60. The SMILES string of the molecule is COc1ccc(-c2c(C)nn3c(C(F)(F)F)cc(C)nc23)c(F)c1. The van der Waals surface area contributed by atoms with Crippen molar-refractivity contribution in [1.82, 2.24) is 14.6 Å². The van der Waals surface area contributed by atoms with Gasteiger partial charge in [0.25, 0.3) is 0 Å². The number of alkyl halides is 3. The maximum atomic E-state index is 14.4. The van der Waals surface area contributed by atoms with Crippen LogP contribution >= 0.6 is 0 Å². The Bertz CT molecular complexity index is 931. The van der Waals surface area contributed by atoms with E-state index < -0.39 is 17.7 Å². The molecule has 0 aliphatic heterocycles. The van der Waals surface area contributed by atoms with Crippen LogP contribution in [0.5, 0.6) is 5.75 Å². The highest BCUT2D eigenvalue weighted by atomic mass is 19.4. The maximum absolute atomic E-state index is 14.4. The quantitative estimate of drug-likeness (QED) is 0.658. The van der Waals surface area contributed by atoms with Crippen molar-refractivity contribution in [3.63, 3.8) is 0 Å². The Morgan fingerprint density at radius 2 is 1.83 bits per heavy atom. The van der Waals surface area contributed by atoms with Gasteiger partial charge < -0.3 is 4.74 Å². The molecule has 0 bridgehead atoms. The van der Waals surface area contributed by atoms with Crippen molar-refractivity contribution >= 4 is 5.65 Å². The first-order chi connectivity index (χ1) is 11.2. The summed E-state index contributed by atoms with van der Waals surface area (Å²) in [6.45, 7) is 2.97. The average Bonchev–Trinajstić information content (AvgIpc) is 2.81. The first-order valence-corrected chi connectivity index (χ1v) is 7.00. The number of ether oxygens (including phenoxy) is 1. The number of methoxy groups -OCH3 is 1. The summed E-state index contributed by atoms with van der Waals surface area (Å²) in [6, 6.07) is 5.05. The number of nitrogens with zero attached hydrogens (tertiary/aromatic N) is 3. The smallest absolute Gasteiger partial charge is 0.433 e. The van der Waals surface area contributed by atoms with Crippen LogP contribution in [0.4, 0.5) is 17.6 Å². The highest BCUT2D eigenvalue weighted by Crippen LogP contribution is 2.35. The lowest BCUT2D eigenvalue weighted by atomic mass is 10.1. The number of hydrogen-bond acceptors (Lipinski definition) is 3. The van der Waals surface area contributed by atoms with E-state index in [4.69, 9.17) is 4.74 Å². The summed E-state index contributed by atoms with van der Waals surface area (Å²) in [7, 11) is 1.40. The lowest BCUT2D eigenvalue weighted by Gasteiger charge is -2.10. The Morgan fingerprint density at radius 3 is 2.42 bits per heavy atom. The molecule has 2 aromatic heterocycles. The molecule has 0 saturated heterocycles. The van der Waals surface area contributed by atoms with Crippen molar-refractivity contribution in [2.75, 3.05) is 7.11 Å². The minimum absolute atomic E-state index is 0.0381. The molecule has 0 aliphatic rings. The third-order valence-corrected chi connectivity index (χ3v) is 3.63. The zero-order chi connectivity index (χ0) is 17.6. The first kappa shape index (κ1) is 16.2. The van der Waals surface area contributed by atoms with E-state index in [2.05, 4.69) is 10.1 Å². The van der Waals surface area contributed by atoms with E-state index in [1.165, 1.54) is 39.2 Å². The van der Waals surface area contributed by atoms with E-state index in [9.17, 15) is 17.6 Å². The van der Waals surface area contributed by atoms with Gasteiger partial charge in [0.05, 0.1) is 18.4 Å². The number of halogens is 4. The molecule has 1 aromatic carbocycles. The minimum Gasteiger partial charge on any atom is -0.497 e. The third-order valence-electron chi connectivity index (χ3n) is 3.63. The summed E-state index contributed by atoms with van der Waals surface area (Å²) < 4.78 is 59.7. The molecular weight excluding hydrogens is 326 g/mol. The molecule has 4 nitrogen and oxygen atoms in total. The number of hydrogen-bond donors (Lipinski definition) is 0. The molecule has 0 radical (unpaired) electrons. The fourth-order valence-electron chi connectivity index (χ4n) is 2.59. The molecule has 3 rings (SSSR count). The van der Waals surface area contributed by atoms with E-state index in [-0.39, 0.29) is 28.2 Å². The van der Waals surface area contributed by atoms with E-state index in [0.717, 1.165) is 6.07 Å². The van der Waals surface area contributed by atoms with Gasteiger partial charge in [0.1, 0.15) is 17.3 Å². The zero-order valence-corrected chi connectivity index (χ0v) is 13.1. The second-order valence-electron chi connectivity index (χ2n) is 5.32. The molecule has 0 aliphatic carbocycles. The van der Waals surface area contributed by atoms with Crippen LogP contribution in [0.15, 0.2) is 24.3 Å². The molecule has 3 aromatic rings. The first-order valence-electron chi connectivity index (χ1n) is 7.00. The molecular formula is C16H13F4N3O. The van der Waals surface area contributed by atoms with Gasteiger partial charge in [0, 0.05) is 17.3 Å². The molecule has 0 amide bonds. The Balaban J connectivity index is 2.34. The number of aromatic nitrogens is 3. The van der Waals surface area contributed by atoms with E-state index in [1.807, 2.05) is 0 Å². The second-order valence-corrected chi connectivity index (χ2v) is 5.32. The molecule has 0 fully saturated rings. The summed E-state index contributed by atoms with van der Waals surface area (Å²) in [5.74, 6) is -0.310. The summed E-state index contributed by atoms with van der Waals surface area (Å²) in [5, 5.41) is 3.92. The van der Waals surface area contributed by atoms with Crippen molar-refractivity contribution in [1.29, 1.82) is 0 Å². The Kier molecular flexibility index (Phi) is 3.70. The average molecular weight is 339 g/mol. The Hall–Kier alpha value is -2.64. The van der Waals surface area contributed by atoms with Crippen LogP contribution in [-0.4, -0.2) is 21.7 Å². The number of benzene rings is 1. The molecule has 126 valence electrons. The largest absolute Gasteiger partial charge is 0.497 e. The highest BCUT2D eigenvalue weighted by Gasteiger charge is 2.35. The van der Waals surface area contributed by atoms with Crippen LogP contribution in [0.2, 0.25) is 0 Å². The van der Waals surface area contributed by atoms with Gasteiger partial charge in [-0.2, -0.15) is 18.3 Å².